The third-order valence-corrected chi connectivity index (χ3v) is 6.30. The Morgan fingerprint density at radius 1 is 0.912 bits per heavy atom. The van der Waals surface area contributed by atoms with Gasteiger partial charge in [0.25, 0.3) is 11.8 Å². The molecule has 0 aliphatic carbocycles. The van der Waals surface area contributed by atoms with Crippen molar-refractivity contribution in [2.45, 2.75) is 13.1 Å². The van der Waals surface area contributed by atoms with Crippen molar-refractivity contribution in [1.29, 1.82) is 0 Å². The minimum atomic E-state index is -0.792. The van der Waals surface area contributed by atoms with Crippen molar-refractivity contribution in [3.8, 4) is 0 Å². The lowest BCUT2D eigenvalue weighted by atomic mass is 10.1. The smallest absolute Gasteiger partial charge is 0.331 e. The van der Waals surface area contributed by atoms with E-state index in [9.17, 15) is 14.4 Å². The molecular weight excluding hydrogens is 477 g/mol. The molecule has 1 aliphatic heterocycles. The molecule has 3 heterocycles. The van der Waals surface area contributed by atoms with Crippen LogP contribution in [0.3, 0.4) is 0 Å². The molecule has 9 heteroatoms. The maximum atomic E-state index is 13.1. The molecule has 1 saturated heterocycles. The van der Waals surface area contributed by atoms with Crippen LogP contribution in [0.5, 0.6) is 0 Å². The molecule has 34 heavy (non-hydrogen) atoms. The number of imide groups is 2. The third kappa shape index (κ3) is 4.00. The summed E-state index contributed by atoms with van der Waals surface area (Å²) < 4.78 is 7.20. The Morgan fingerprint density at radius 3 is 2.41 bits per heavy atom. The van der Waals surface area contributed by atoms with Crippen molar-refractivity contribution in [3.05, 3.63) is 99.6 Å². The van der Waals surface area contributed by atoms with Gasteiger partial charge in [0.1, 0.15) is 11.3 Å². The highest BCUT2D eigenvalue weighted by Crippen LogP contribution is 2.30. The summed E-state index contributed by atoms with van der Waals surface area (Å²) in [4.78, 5) is 38.9. The molecule has 2 aromatic heterocycles. The lowest BCUT2D eigenvalue weighted by Gasteiger charge is -2.25. The van der Waals surface area contributed by atoms with Crippen LogP contribution in [0.1, 0.15) is 16.9 Å². The molecule has 4 aromatic rings. The van der Waals surface area contributed by atoms with Gasteiger partial charge in [-0.1, -0.05) is 47.5 Å². The molecule has 170 valence electrons. The topological polar surface area (TPSA) is 84.6 Å². The summed E-state index contributed by atoms with van der Waals surface area (Å²) in [5.41, 5.74) is 2.12. The van der Waals surface area contributed by atoms with Crippen LogP contribution in [-0.2, 0) is 22.7 Å². The van der Waals surface area contributed by atoms with Crippen molar-refractivity contribution in [2.24, 2.45) is 0 Å². The zero-order chi connectivity index (χ0) is 23.8. The van der Waals surface area contributed by atoms with Crippen molar-refractivity contribution < 1.29 is 18.8 Å². The summed E-state index contributed by atoms with van der Waals surface area (Å²) in [7, 11) is 0. The van der Waals surface area contributed by atoms with Gasteiger partial charge in [-0.25, -0.2) is 4.79 Å². The Kier molecular flexibility index (Phi) is 5.73. The second kappa shape index (κ2) is 8.85. The van der Waals surface area contributed by atoms with E-state index in [2.05, 4.69) is 5.32 Å². The van der Waals surface area contributed by atoms with E-state index < -0.39 is 17.8 Å². The fourth-order valence-corrected chi connectivity index (χ4v) is 4.44. The summed E-state index contributed by atoms with van der Waals surface area (Å²) in [5, 5.41) is 4.14. The van der Waals surface area contributed by atoms with E-state index in [1.54, 1.807) is 30.3 Å². The highest BCUT2D eigenvalue weighted by Gasteiger charge is 2.36. The van der Waals surface area contributed by atoms with Crippen LogP contribution in [0.4, 0.5) is 4.79 Å². The fraction of sp³-hybridized carbons (Fsp3) is 0.0800. The average molecular weight is 494 g/mol. The quantitative estimate of drug-likeness (QED) is 0.303. The first-order chi connectivity index (χ1) is 16.4. The monoisotopic (exact) mass is 493 g/mol. The molecule has 0 unspecified atom stereocenters. The first-order valence-electron chi connectivity index (χ1n) is 10.3. The number of hydrogen-bond donors (Lipinski definition) is 1. The number of carbonyl (C=O) groups excluding carboxylic acids is 3. The molecule has 1 N–H and O–H groups in total. The molecule has 1 fully saturated rings. The lowest BCUT2D eigenvalue weighted by Crippen LogP contribution is -2.53. The number of amides is 4. The van der Waals surface area contributed by atoms with Gasteiger partial charge in [-0.15, -0.1) is 0 Å². The molecule has 4 amide bonds. The number of urea groups is 1. The van der Waals surface area contributed by atoms with E-state index in [4.69, 9.17) is 27.6 Å². The summed E-state index contributed by atoms with van der Waals surface area (Å²) in [6.45, 7) is 0.306. The number of rotatable bonds is 5. The molecule has 0 radical (unpaired) electrons. The molecule has 0 bridgehead atoms. The van der Waals surface area contributed by atoms with Gasteiger partial charge in [0.05, 0.1) is 19.4 Å². The van der Waals surface area contributed by atoms with E-state index in [1.807, 2.05) is 35.0 Å². The highest BCUT2D eigenvalue weighted by molar-refractivity contribution is 6.36. The normalized spacial score (nSPS) is 15.4. The Hall–Kier alpha value is -3.81. The van der Waals surface area contributed by atoms with E-state index in [1.165, 1.54) is 12.3 Å². The number of barbiturate groups is 1. The van der Waals surface area contributed by atoms with Crippen LogP contribution >= 0.6 is 23.2 Å². The Labute approximate surface area is 204 Å². The summed E-state index contributed by atoms with van der Waals surface area (Å²) >= 11 is 12.7. The zero-order valence-corrected chi connectivity index (χ0v) is 19.1. The van der Waals surface area contributed by atoms with Crippen LogP contribution < -0.4 is 5.32 Å². The van der Waals surface area contributed by atoms with E-state index in [0.29, 0.717) is 27.9 Å². The van der Waals surface area contributed by atoms with Crippen LogP contribution in [0, 0.1) is 0 Å². The average Bonchev–Trinajstić information content (AvgIpc) is 3.45. The van der Waals surface area contributed by atoms with Crippen molar-refractivity contribution in [2.75, 3.05) is 0 Å². The SMILES string of the molecule is O=C1NC(=O)N(Cc2ccco2)C(=O)/C1=C\c1cn(Cc2c(Cl)cccc2Cl)c2ccccc12. The van der Waals surface area contributed by atoms with Crippen LogP contribution in [0.15, 0.2) is 77.0 Å². The molecule has 5 rings (SSSR count). The number of nitrogens with zero attached hydrogens (tertiary/aromatic N) is 2. The number of hydrogen-bond acceptors (Lipinski definition) is 4. The Morgan fingerprint density at radius 2 is 1.68 bits per heavy atom. The van der Waals surface area contributed by atoms with Gasteiger partial charge in [0.15, 0.2) is 0 Å². The number of aromatic nitrogens is 1. The summed E-state index contributed by atoms with van der Waals surface area (Å²) in [6.07, 6.45) is 4.77. The van der Waals surface area contributed by atoms with Gasteiger partial charge in [-0.3, -0.25) is 19.8 Å². The molecular formula is C25H17Cl2N3O4. The van der Waals surface area contributed by atoms with Crippen molar-refractivity contribution >= 4 is 58.0 Å². The Balaban J connectivity index is 1.55. The van der Waals surface area contributed by atoms with Gasteiger partial charge >= 0.3 is 6.03 Å². The number of benzene rings is 2. The first kappa shape index (κ1) is 22.0. The summed E-state index contributed by atoms with van der Waals surface area (Å²) in [6, 6.07) is 15.4. The maximum absolute atomic E-state index is 13.1. The molecule has 1 aliphatic rings. The molecule has 0 atom stereocenters. The maximum Gasteiger partial charge on any atom is 0.331 e. The minimum Gasteiger partial charge on any atom is -0.467 e. The molecule has 0 spiro atoms. The minimum absolute atomic E-state index is 0.0882. The fourth-order valence-electron chi connectivity index (χ4n) is 3.93. The van der Waals surface area contributed by atoms with Gasteiger partial charge < -0.3 is 8.98 Å². The predicted octanol–water partition coefficient (Wildman–Crippen LogP) is 5.25. The zero-order valence-electron chi connectivity index (χ0n) is 17.6. The summed E-state index contributed by atoms with van der Waals surface area (Å²) in [5.74, 6) is -1.03. The Bertz CT molecular complexity index is 1450. The van der Waals surface area contributed by atoms with Gasteiger partial charge in [0.2, 0.25) is 0 Å². The van der Waals surface area contributed by atoms with Gasteiger partial charge in [-0.2, -0.15) is 0 Å². The third-order valence-electron chi connectivity index (χ3n) is 5.59. The number of fused-ring (bicyclic) bond motifs is 1. The number of halogens is 2. The second-order valence-electron chi connectivity index (χ2n) is 7.72. The van der Waals surface area contributed by atoms with Crippen LogP contribution in [-0.4, -0.2) is 27.3 Å². The number of carbonyl (C=O) groups is 3. The predicted molar refractivity (Wildman–Crippen MR) is 128 cm³/mol. The first-order valence-corrected chi connectivity index (χ1v) is 11.1. The molecule has 0 saturated carbocycles. The van der Waals surface area contributed by atoms with Crippen molar-refractivity contribution in [1.82, 2.24) is 14.8 Å². The number of furan rings is 1. The largest absolute Gasteiger partial charge is 0.467 e. The van der Waals surface area contributed by atoms with Crippen LogP contribution in [0.2, 0.25) is 10.0 Å². The second-order valence-corrected chi connectivity index (χ2v) is 8.53. The standard InChI is InChI=1S/C25H17Cl2N3O4/c26-20-7-3-8-21(27)19(20)14-29-12-15(17-6-1-2-9-22(17)29)11-18-23(31)28-25(33)30(24(18)32)13-16-5-4-10-34-16/h1-12H,13-14H2,(H,28,31,33)/b18-11-. The molecule has 7 nitrogen and oxygen atoms in total. The molecule has 2 aromatic carbocycles. The van der Waals surface area contributed by atoms with Gasteiger partial charge in [0, 0.05) is 38.3 Å². The van der Waals surface area contributed by atoms with Crippen LogP contribution in [0.25, 0.3) is 17.0 Å². The van der Waals surface area contributed by atoms with E-state index in [0.717, 1.165) is 21.4 Å². The van der Waals surface area contributed by atoms with E-state index >= 15 is 0 Å². The number of para-hydroxylation sites is 1. The van der Waals surface area contributed by atoms with Crippen molar-refractivity contribution in [3.63, 3.8) is 0 Å². The van der Waals surface area contributed by atoms with Gasteiger partial charge in [-0.05, 0) is 36.4 Å². The highest BCUT2D eigenvalue weighted by atomic mass is 35.5. The lowest BCUT2D eigenvalue weighted by molar-refractivity contribution is -0.130. The number of nitrogens with one attached hydrogen (secondary N) is 1. The van der Waals surface area contributed by atoms with E-state index in [-0.39, 0.29) is 12.1 Å².